The molecule has 4 rings (SSSR count). The van der Waals surface area contributed by atoms with Crippen LogP contribution in [-0.2, 0) is 26.2 Å². The number of nitrogens with zero attached hydrogens (tertiary/aromatic N) is 1. The summed E-state index contributed by atoms with van der Waals surface area (Å²) in [6.45, 7) is 10.9. The van der Waals surface area contributed by atoms with Crippen LogP contribution in [0.3, 0.4) is 0 Å². The van der Waals surface area contributed by atoms with E-state index in [2.05, 4.69) is 96.1 Å². The average molecular weight is 505 g/mol. The molecule has 2 aliphatic carbocycles. The Balaban J connectivity index is 0.00000160. The summed E-state index contributed by atoms with van der Waals surface area (Å²) < 4.78 is 14.2. The molecular weight excluding hydrogens is 477 g/mol. The van der Waals surface area contributed by atoms with Crippen molar-refractivity contribution in [1.82, 2.24) is 0 Å². The fourth-order valence-electron chi connectivity index (χ4n) is 4.02. The molecule has 0 amide bonds. The van der Waals surface area contributed by atoms with Crippen molar-refractivity contribution in [2.24, 2.45) is 0 Å². The molecule has 2 nitrogen and oxygen atoms in total. The Labute approximate surface area is 215 Å². The monoisotopic (exact) mass is 504 g/mol. The van der Waals surface area contributed by atoms with E-state index in [1.165, 1.54) is 33.4 Å². The normalized spacial score (nSPS) is 14.6. The first-order valence-electron chi connectivity index (χ1n) is 9.84. The molecule has 0 saturated carbocycles. The standard InChI is InChI=1S/C25H28NOSi.2ClH.Ti/c1-17-19-11-7-9-13-21(19)23-15-18(28(27)26(5,6)25(2,3)4)16-24(23)22-14-10-8-12-20(17)22;;;/h7-15H,1,16H2,2-6H3;2*1H;/q+1;;;/p-2. The van der Waals surface area contributed by atoms with Crippen molar-refractivity contribution in [3.63, 3.8) is 0 Å². The summed E-state index contributed by atoms with van der Waals surface area (Å²) in [5, 5.41) is 1.08. The van der Waals surface area contributed by atoms with E-state index in [0.717, 1.165) is 17.2 Å². The van der Waals surface area contributed by atoms with Crippen molar-refractivity contribution in [2.45, 2.75) is 32.7 Å². The fourth-order valence-corrected chi connectivity index (χ4v) is 5.94. The van der Waals surface area contributed by atoms with E-state index in [4.69, 9.17) is 0 Å². The molecule has 0 atom stereocenters. The van der Waals surface area contributed by atoms with E-state index in [9.17, 15) is 4.46 Å². The molecule has 0 fully saturated rings. The van der Waals surface area contributed by atoms with Gasteiger partial charge in [-0.3, -0.25) is 0 Å². The molecule has 0 unspecified atom stereocenters. The molecule has 0 saturated heterocycles. The second-order valence-electron chi connectivity index (χ2n) is 9.24. The maximum atomic E-state index is 13.7. The van der Waals surface area contributed by atoms with Gasteiger partial charge in [-0.15, -0.1) is 0 Å². The Hall–Kier alpha value is -1.07. The Morgan fingerprint density at radius 2 is 1.32 bits per heavy atom. The summed E-state index contributed by atoms with van der Waals surface area (Å²) in [5.74, 6) is 0. The van der Waals surface area contributed by atoms with Crippen LogP contribution in [0.1, 0.15) is 49.4 Å². The third kappa shape index (κ3) is 4.55. The summed E-state index contributed by atoms with van der Waals surface area (Å²) in [5.41, 5.74) is 8.24. The Bertz CT molecular complexity index is 1100. The zero-order valence-corrected chi connectivity index (χ0v) is 22.8. The van der Waals surface area contributed by atoms with E-state index in [1.807, 2.05) is 0 Å². The van der Waals surface area contributed by atoms with Crippen LogP contribution in [0.5, 0.6) is 0 Å². The largest absolute Gasteiger partial charge is 1.00 e. The van der Waals surface area contributed by atoms with Crippen molar-refractivity contribution in [3.05, 3.63) is 88.6 Å². The number of halogens is 2. The van der Waals surface area contributed by atoms with Gasteiger partial charge in [0.15, 0.2) is 0 Å². The van der Waals surface area contributed by atoms with E-state index in [-0.39, 0.29) is 52.1 Å². The van der Waals surface area contributed by atoms with Gasteiger partial charge in [0.1, 0.15) is 0 Å². The first-order valence-corrected chi connectivity index (χ1v) is 11.2. The smallest absolute Gasteiger partial charge is 0.587 e. The minimum Gasteiger partial charge on any atom is -1.00 e. The van der Waals surface area contributed by atoms with Gasteiger partial charge in [0.2, 0.25) is 0 Å². The first kappa shape index (κ1) is 28.0. The van der Waals surface area contributed by atoms with E-state index < -0.39 is 8.84 Å². The third-order valence-corrected chi connectivity index (χ3v) is 9.15. The number of benzene rings is 2. The summed E-state index contributed by atoms with van der Waals surface area (Å²) >= 11 is 0. The maximum absolute atomic E-state index is 13.7. The van der Waals surface area contributed by atoms with Crippen LogP contribution in [-0.4, -0.2) is 32.6 Å². The summed E-state index contributed by atoms with van der Waals surface area (Å²) in [4.78, 5) is 0. The molecule has 0 spiro atoms. The minimum atomic E-state index is -2.00. The molecule has 0 N–H and O–H groups in total. The van der Waals surface area contributed by atoms with Crippen molar-refractivity contribution < 1.29 is 55.1 Å². The van der Waals surface area contributed by atoms with Crippen molar-refractivity contribution >= 4 is 25.6 Å². The topological polar surface area (TPSA) is 17.1 Å². The Kier molecular flexibility index (Phi) is 8.86. The van der Waals surface area contributed by atoms with Gasteiger partial charge in [-0.2, -0.15) is 0 Å². The Morgan fingerprint density at radius 1 is 0.871 bits per heavy atom. The van der Waals surface area contributed by atoms with Crippen molar-refractivity contribution in [1.29, 1.82) is 0 Å². The summed E-state index contributed by atoms with van der Waals surface area (Å²) in [6, 6.07) is 17.0. The number of hydrogen-bond donors (Lipinski definition) is 0. The maximum Gasteiger partial charge on any atom is 0.587 e. The predicted octanol–water partition coefficient (Wildman–Crippen LogP) is -0.359. The van der Waals surface area contributed by atoms with Gasteiger partial charge in [-0.05, 0) is 65.8 Å². The molecule has 0 heterocycles. The summed E-state index contributed by atoms with van der Waals surface area (Å²) in [7, 11) is 2.18. The SMILES string of the molecule is C=C1c2ccccc2C2=C(CC([Si](=O)[N+](C)(C)C(C)(C)C)=C2)c2ccccc21.[Cl-].[Cl-].[Ti]. The number of quaternary nitrogens is 1. The number of allylic oxidation sites excluding steroid dienone is 4. The van der Waals surface area contributed by atoms with Crippen LogP contribution < -0.4 is 24.8 Å². The van der Waals surface area contributed by atoms with Gasteiger partial charge < -0.3 is 33.4 Å². The number of rotatable bonds is 2. The van der Waals surface area contributed by atoms with Crippen LogP contribution in [0.2, 0.25) is 0 Å². The molecule has 2 aromatic rings. The van der Waals surface area contributed by atoms with E-state index in [0.29, 0.717) is 4.15 Å². The molecular formula is C25H28Cl2NOSiTi-. The average Bonchev–Trinajstić information content (AvgIpc) is 3.07. The van der Waals surface area contributed by atoms with E-state index >= 15 is 0 Å². The second kappa shape index (κ2) is 9.82. The first-order chi connectivity index (χ1) is 13.1. The van der Waals surface area contributed by atoms with Crippen LogP contribution in [0.4, 0.5) is 0 Å². The van der Waals surface area contributed by atoms with Gasteiger partial charge in [-0.25, -0.2) is 0 Å². The van der Waals surface area contributed by atoms with Crippen LogP contribution in [0.25, 0.3) is 16.7 Å². The van der Waals surface area contributed by atoms with Gasteiger partial charge >= 0.3 is 8.84 Å². The van der Waals surface area contributed by atoms with Gasteiger partial charge in [0.25, 0.3) is 0 Å². The second-order valence-corrected chi connectivity index (χ2v) is 11.6. The number of fused-ring (bicyclic) bond motifs is 4. The summed E-state index contributed by atoms with van der Waals surface area (Å²) in [6.07, 6.45) is 2.96. The Morgan fingerprint density at radius 3 is 1.84 bits per heavy atom. The van der Waals surface area contributed by atoms with Crippen molar-refractivity contribution in [3.8, 4) is 0 Å². The molecule has 162 valence electrons. The molecule has 6 heteroatoms. The zero-order valence-electron chi connectivity index (χ0n) is 18.7. The molecule has 2 aromatic carbocycles. The number of hydrogen-bond acceptors (Lipinski definition) is 1. The molecule has 0 radical (unpaired) electrons. The van der Waals surface area contributed by atoms with Crippen LogP contribution >= 0.6 is 0 Å². The van der Waals surface area contributed by atoms with Gasteiger partial charge in [0.05, 0.1) is 19.6 Å². The quantitative estimate of drug-likeness (QED) is 0.510. The fraction of sp³-hybridized carbons (Fsp3) is 0.280. The van der Waals surface area contributed by atoms with Gasteiger partial charge in [0, 0.05) is 33.3 Å². The van der Waals surface area contributed by atoms with Crippen LogP contribution in [0.15, 0.2) is 66.4 Å². The van der Waals surface area contributed by atoms with Gasteiger partial charge in [-0.1, -0.05) is 55.1 Å². The zero-order chi connectivity index (χ0) is 20.3. The van der Waals surface area contributed by atoms with Crippen LogP contribution in [0, 0.1) is 0 Å². The molecule has 2 aliphatic rings. The molecule has 0 aromatic heterocycles. The van der Waals surface area contributed by atoms with Crippen molar-refractivity contribution in [2.75, 3.05) is 14.1 Å². The predicted molar refractivity (Wildman–Crippen MR) is 119 cm³/mol. The molecule has 31 heavy (non-hydrogen) atoms. The minimum absolute atomic E-state index is 0. The van der Waals surface area contributed by atoms with E-state index in [1.54, 1.807) is 0 Å². The molecule has 0 bridgehead atoms. The molecule has 0 aliphatic heterocycles. The third-order valence-electron chi connectivity index (χ3n) is 6.59.